The highest BCUT2D eigenvalue weighted by Crippen LogP contribution is 2.18. The van der Waals surface area contributed by atoms with E-state index in [1.807, 2.05) is 6.07 Å². The van der Waals surface area contributed by atoms with Crippen LogP contribution in [0.3, 0.4) is 0 Å². The number of anilines is 1. The summed E-state index contributed by atoms with van der Waals surface area (Å²) in [4.78, 5) is 16.2. The fourth-order valence-electron chi connectivity index (χ4n) is 1.98. The van der Waals surface area contributed by atoms with Crippen molar-refractivity contribution in [3.8, 4) is 0 Å². The highest BCUT2D eigenvalue weighted by Gasteiger charge is 2.17. The van der Waals surface area contributed by atoms with Gasteiger partial charge in [-0.25, -0.2) is 8.42 Å². The van der Waals surface area contributed by atoms with Crippen molar-refractivity contribution < 1.29 is 13.2 Å². The zero-order chi connectivity index (χ0) is 16.9. The predicted molar refractivity (Wildman–Crippen MR) is 89.7 cm³/mol. The van der Waals surface area contributed by atoms with Gasteiger partial charge in [-0.3, -0.25) is 14.1 Å². The Morgan fingerprint density at radius 2 is 2.04 bits per heavy atom. The van der Waals surface area contributed by atoms with Gasteiger partial charge in [-0.1, -0.05) is 12.1 Å². The molecule has 0 fully saturated rings. The lowest BCUT2D eigenvalue weighted by Gasteiger charge is -2.19. The van der Waals surface area contributed by atoms with Crippen molar-refractivity contribution in [3.63, 3.8) is 0 Å². The molecule has 1 aromatic heterocycles. The van der Waals surface area contributed by atoms with Crippen LogP contribution in [0.1, 0.15) is 22.8 Å². The van der Waals surface area contributed by atoms with Gasteiger partial charge >= 0.3 is 0 Å². The number of carbonyl (C=O) groups is 1. The Bertz CT molecular complexity index is 776. The van der Waals surface area contributed by atoms with Crippen LogP contribution in [0.25, 0.3) is 0 Å². The third-order valence-corrected chi connectivity index (χ3v) is 5.20. The summed E-state index contributed by atoms with van der Waals surface area (Å²) in [5.41, 5.74) is 1.76. The lowest BCUT2D eigenvalue weighted by molar-refractivity contribution is 0.0951. The summed E-state index contributed by atoms with van der Waals surface area (Å²) < 4.78 is 25.0. The van der Waals surface area contributed by atoms with Gasteiger partial charge in [0.2, 0.25) is 10.0 Å². The number of aromatic nitrogens is 1. The Morgan fingerprint density at radius 1 is 1.26 bits per heavy atom. The first-order chi connectivity index (χ1) is 10.9. The fourth-order valence-corrected chi connectivity index (χ4v) is 2.81. The first-order valence-corrected chi connectivity index (χ1v) is 8.78. The standard InChI is InChI=1S/C16H19N3O3S/c1-3-23(21,22)19(2)15-8-4-7-14(10-15)16(20)18-12-13-6-5-9-17-11-13/h4-11H,3,12H2,1-2H3,(H,18,20). The summed E-state index contributed by atoms with van der Waals surface area (Å²) in [6.07, 6.45) is 3.34. The molecule has 2 aromatic rings. The van der Waals surface area contributed by atoms with Crippen LogP contribution in [0.4, 0.5) is 5.69 Å². The summed E-state index contributed by atoms with van der Waals surface area (Å²) >= 11 is 0. The van der Waals surface area contributed by atoms with Crippen molar-refractivity contribution in [2.45, 2.75) is 13.5 Å². The number of pyridine rings is 1. The first kappa shape index (κ1) is 17.0. The average Bonchev–Trinajstić information content (AvgIpc) is 2.60. The fraction of sp³-hybridized carbons (Fsp3) is 0.250. The summed E-state index contributed by atoms with van der Waals surface area (Å²) in [6.45, 7) is 1.94. The number of benzene rings is 1. The molecule has 23 heavy (non-hydrogen) atoms. The minimum Gasteiger partial charge on any atom is -0.348 e. The lowest BCUT2D eigenvalue weighted by atomic mass is 10.2. The number of rotatable bonds is 6. The molecule has 1 aromatic carbocycles. The van der Waals surface area contributed by atoms with Gasteiger partial charge < -0.3 is 5.32 Å². The van der Waals surface area contributed by atoms with Crippen molar-refractivity contribution in [1.29, 1.82) is 0 Å². The molecule has 1 heterocycles. The molecular weight excluding hydrogens is 314 g/mol. The second-order valence-electron chi connectivity index (χ2n) is 4.96. The predicted octanol–water partition coefficient (Wildman–Crippen LogP) is 1.80. The molecule has 0 bridgehead atoms. The summed E-state index contributed by atoms with van der Waals surface area (Å²) in [7, 11) is -1.88. The Labute approximate surface area is 136 Å². The molecule has 0 spiro atoms. The highest BCUT2D eigenvalue weighted by molar-refractivity contribution is 7.92. The summed E-state index contributed by atoms with van der Waals surface area (Å²) in [5, 5.41) is 2.79. The van der Waals surface area contributed by atoms with Crippen molar-refractivity contribution in [2.75, 3.05) is 17.1 Å². The van der Waals surface area contributed by atoms with Gasteiger partial charge in [-0.15, -0.1) is 0 Å². The van der Waals surface area contributed by atoms with E-state index < -0.39 is 10.0 Å². The van der Waals surface area contributed by atoms with Gasteiger partial charge in [0, 0.05) is 31.5 Å². The molecule has 0 radical (unpaired) electrons. The Hall–Kier alpha value is -2.41. The van der Waals surface area contributed by atoms with E-state index >= 15 is 0 Å². The first-order valence-electron chi connectivity index (χ1n) is 7.18. The highest BCUT2D eigenvalue weighted by atomic mass is 32.2. The lowest BCUT2D eigenvalue weighted by Crippen LogP contribution is -2.28. The molecule has 6 nitrogen and oxygen atoms in total. The van der Waals surface area contributed by atoms with E-state index in [0.29, 0.717) is 17.8 Å². The van der Waals surface area contributed by atoms with Gasteiger partial charge in [0.15, 0.2) is 0 Å². The normalized spacial score (nSPS) is 11.0. The summed E-state index contributed by atoms with van der Waals surface area (Å²) in [5.74, 6) is -0.265. The largest absolute Gasteiger partial charge is 0.348 e. The molecule has 0 aliphatic rings. The second-order valence-corrected chi connectivity index (χ2v) is 7.25. The third kappa shape index (κ3) is 4.29. The monoisotopic (exact) mass is 333 g/mol. The topological polar surface area (TPSA) is 79.4 Å². The van der Waals surface area contributed by atoms with Gasteiger partial charge in [0.05, 0.1) is 11.4 Å². The van der Waals surface area contributed by atoms with E-state index in [2.05, 4.69) is 10.3 Å². The van der Waals surface area contributed by atoms with Crippen molar-refractivity contribution in [1.82, 2.24) is 10.3 Å². The van der Waals surface area contributed by atoms with Crippen molar-refractivity contribution in [3.05, 3.63) is 59.9 Å². The Kier molecular flexibility index (Phi) is 5.33. The van der Waals surface area contributed by atoms with Crippen LogP contribution in [0.2, 0.25) is 0 Å². The zero-order valence-corrected chi connectivity index (χ0v) is 13.9. The van der Waals surface area contributed by atoms with E-state index in [1.54, 1.807) is 49.6 Å². The van der Waals surface area contributed by atoms with Crippen LogP contribution in [0, 0.1) is 0 Å². The van der Waals surface area contributed by atoms with Gasteiger partial charge in [-0.2, -0.15) is 0 Å². The van der Waals surface area contributed by atoms with Crippen LogP contribution in [-0.4, -0.2) is 32.1 Å². The number of amides is 1. The molecule has 2 rings (SSSR count). The Morgan fingerprint density at radius 3 is 2.70 bits per heavy atom. The van der Waals surface area contributed by atoms with Crippen molar-refractivity contribution >= 4 is 21.6 Å². The maximum absolute atomic E-state index is 12.2. The number of nitrogens with zero attached hydrogens (tertiary/aromatic N) is 2. The smallest absolute Gasteiger partial charge is 0.251 e. The number of hydrogen-bond acceptors (Lipinski definition) is 4. The van der Waals surface area contributed by atoms with Crippen LogP contribution >= 0.6 is 0 Å². The molecule has 0 saturated carbocycles. The molecule has 122 valence electrons. The van der Waals surface area contributed by atoms with Gasteiger partial charge in [-0.05, 0) is 36.8 Å². The van der Waals surface area contributed by atoms with E-state index in [0.717, 1.165) is 5.56 Å². The molecule has 0 aliphatic carbocycles. The maximum Gasteiger partial charge on any atom is 0.251 e. The maximum atomic E-state index is 12.2. The van der Waals surface area contributed by atoms with E-state index in [9.17, 15) is 13.2 Å². The van der Waals surface area contributed by atoms with Gasteiger partial charge in [0.25, 0.3) is 5.91 Å². The number of nitrogens with one attached hydrogen (secondary N) is 1. The van der Waals surface area contributed by atoms with Crippen LogP contribution in [0.15, 0.2) is 48.8 Å². The zero-order valence-electron chi connectivity index (χ0n) is 13.1. The molecule has 1 amide bonds. The van der Waals surface area contributed by atoms with E-state index in [4.69, 9.17) is 0 Å². The molecule has 0 atom stereocenters. The molecule has 7 heteroatoms. The molecule has 0 unspecified atom stereocenters. The molecular formula is C16H19N3O3S. The Balaban J connectivity index is 2.11. The van der Waals surface area contributed by atoms with Crippen LogP contribution in [0.5, 0.6) is 0 Å². The molecule has 0 aliphatic heterocycles. The van der Waals surface area contributed by atoms with Crippen molar-refractivity contribution in [2.24, 2.45) is 0 Å². The minimum atomic E-state index is -3.36. The third-order valence-electron chi connectivity index (χ3n) is 3.43. The second kappa shape index (κ2) is 7.23. The van der Waals surface area contributed by atoms with Crippen LogP contribution < -0.4 is 9.62 Å². The van der Waals surface area contributed by atoms with E-state index in [1.165, 1.54) is 11.4 Å². The van der Waals surface area contributed by atoms with Gasteiger partial charge in [0.1, 0.15) is 0 Å². The molecule has 0 saturated heterocycles. The average molecular weight is 333 g/mol. The van der Waals surface area contributed by atoms with Crippen LogP contribution in [-0.2, 0) is 16.6 Å². The van der Waals surface area contributed by atoms with E-state index in [-0.39, 0.29) is 11.7 Å². The number of sulfonamides is 1. The molecule has 1 N–H and O–H groups in total. The summed E-state index contributed by atoms with van der Waals surface area (Å²) in [6, 6.07) is 10.2. The quantitative estimate of drug-likeness (QED) is 0.874. The number of hydrogen-bond donors (Lipinski definition) is 1. The minimum absolute atomic E-state index is 0.000924. The number of carbonyl (C=O) groups excluding carboxylic acids is 1. The SMILES string of the molecule is CCS(=O)(=O)N(C)c1cccc(C(=O)NCc2cccnc2)c1.